The summed E-state index contributed by atoms with van der Waals surface area (Å²) in [5, 5.41) is 0. The van der Waals surface area contributed by atoms with Crippen molar-refractivity contribution < 1.29 is 0 Å². The lowest BCUT2D eigenvalue weighted by Crippen LogP contribution is -1.80. The lowest BCUT2D eigenvalue weighted by molar-refractivity contribution is 1.15. The van der Waals surface area contributed by atoms with Crippen molar-refractivity contribution in [1.82, 2.24) is 0 Å². The number of hydrogen-bond acceptors (Lipinski definition) is 0. The minimum Gasteiger partial charge on any atom is -0.0620 e. The first-order valence-electron chi connectivity index (χ1n) is 4.80. The van der Waals surface area contributed by atoms with Crippen LogP contribution in [0.3, 0.4) is 0 Å². The maximum absolute atomic E-state index is 2.23. The van der Waals surface area contributed by atoms with E-state index in [1.807, 2.05) is 0 Å². The molecule has 0 atom stereocenters. The van der Waals surface area contributed by atoms with E-state index in [9.17, 15) is 0 Å². The smallest absolute Gasteiger partial charge is 0.0149 e. The standard InChI is InChI=1S/C13H14/c1-3-11-6-4-5-7-12-10(2)8-9-13(11)12/h4-9H,3H2,1-2H3. The third-order valence-corrected chi connectivity index (χ3v) is 2.61. The molecule has 0 spiro atoms. The van der Waals surface area contributed by atoms with Crippen molar-refractivity contribution in [2.24, 2.45) is 0 Å². The highest BCUT2D eigenvalue weighted by molar-refractivity contribution is 5.73. The van der Waals surface area contributed by atoms with Gasteiger partial charge in [0.2, 0.25) is 0 Å². The summed E-state index contributed by atoms with van der Waals surface area (Å²) >= 11 is 0. The number of aryl methyl sites for hydroxylation is 2. The predicted octanol–water partition coefficient (Wildman–Crippen LogP) is 3.66. The fourth-order valence-corrected chi connectivity index (χ4v) is 1.82. The molecular formula is C13H14. The van der Waals surface area contributed by atoms with Crippen molar-refractivity contribution in [3.05, 3.63) is 47.5 Å². The Hall–Kier alpha value is -1.30. The Morgan fingerprint density at radius 3 is 2.46 bits per heavy atom. The average molecular weight is 170 g/mol. The van der Waals surface area contributed by atoms with Crippen LogP contribution >= 0.6 is 0 Å². The minimum atomic E-state index is 1.11. The quantitative estimate of drug-likeness (QED) is 0.612. The van der Waals surface area contributed by atoms with Gasteiger partial charge in [0, 0.05) is 0 Å². The van der Waals surface area contributed by atoms with Crippen LogP contribution in [0.1, 0.15) is 18.1 Å². The van der Waals surface area contributed by atoms with Gasteiger partial charge in [-0.05, 0) is 35.6 Å². The number of hydrogen-bond donors (Lipinski definition) is 0. The zero-order valence-electron chi connectivity index (χ0n) is 8.17. The Labute approximate surface area is 79.6 Å². The van der Waals surface area contributed by atoms with E-state index in [1.54, 1.807) is 0 Å². The van der Waals surface area contributed by atoms with E-state index in [1.165, 1.54) is 22.3 Å². The van der Waals surface area contributed by atoms with E-state index in [2.05, 4.69) is 50.2 Å². The van der Waals surface area contributed by atoms with Crippen LogP contribution in [0.5, 0.6) is 0 Å². The Balaban J connectivity index is 2.71. The fourth-order valence-electron chi connectivity index (χ4n) is 1.82. The van der Waals surface area contributed by atoms with Crippen molar-refractivity contribution in [2.45, 2.75) is 20.3 Å². The summed E-state index contributed by atoms with van der Waals surface area (Å²) in [6.07, 6.45) is 1.11. The zero-order valence-corrected chi connectivity index (χ0v) is 8.17. The van der Waals surface area contributed by atoms with Gasteiger partial charge in [-0.3, -0.25) is 0 Å². The van der Waals surface area contributed by atoms with Crippen LogP contribution in [0.25, 0.3) is 11.1 Å². The normalized spacial score (nSPS) is 10.6. The van der Waals surface area contributed by atoms with Gasteiger partial charge in [-0.15, -0.1) is 0 Å². The van der Waals surface area contributed by atoms with E-state index in [0.29, 0.717) is 0 Å². The largest absolute Gasteiger partial charge is 0.0620 e. The fraction of sp³-hybridized carbons (Fsp3) is 0.231. The first-order chi connectivity index (χ1) is 6.33. The maximum atomic E-state index is 2.23. The lowest BCUT2D eigenvalue weighted by Gasteiger charge is -2.00. The summed E-state index contributed by atoms with van der Waals surface area (Å²) in [6.45, 7) is 4.37. The topological polar surface area (TPSA) is 0 Å². The van der Waals surface area contributed by atoms with E-state index in [-0.39, 0.29) is 0 Å². The zero-order chi connectivity index (χ0) is 9.26. The van der Waals surface area contributed by atoms with Crippen molar-refractivity contribution in [3.8, 4) is 11.1 Å². The van der Waals surface area contributed by atoms with E-state index in [0.717, 1.165) is 6.42 Å². The third kappa shape index (κ3) is 1.33. The Kier molecular flexibility index (Phi) is 2.05. The van der Waals surface area contributed by atoms with Crippen molar-refractivity contribution >= 4 is 0 Å². The molecule has 0 amide bonds. The second-order valence-corrected chi connectivity index (χ2v) is 3.44. The highest BCUT2D eigenvalue weighted by Gasteiger charge is 2.07. The van der Waals surface area contributed by atoms with Crippen molar-refractivity contribution in [2.75, 3.05) is 0 Å². The van der Waals surface area contributed by atoms with Crippen LogP contribution in [-0.4, -0.2) is 0 Å². The molecule has 0 fully saturated rings. The highest BCUT2D eigenvalue weighted by Crippen LogP contribution is 2.29. The molecule has 0 heterocycles. The van der Waals surface area contributed by atoms with Gasteiger partial charge in [-0.1, -0.05) is 43.3 Å². The Morgan fingerprint density at radius 1 is 0.923 bits per heavy atom. The molecule has 0 radical (unpaired) electrons. The van der Waals surface area contributed by atoms with Gasteiger partial charge >= 0.3 is 0 Å². The number of rotatable bonds is 1. The van der Waals surface area contributed by atoms with Crippen LogP contribution in [0, 0.1) is 6.92 Å². The van der Waals surface area contributed by atoms with Gasteiger partial charge in [-0.2, -0.15) is 0 Å². The molecule has 2 aliphatic rings. The molecule has 0 aliphatic heterocycles. The second-order valence-electron chi connectivity index (χ2n) is 3.44. The van der Waals surface area contributed by atoms with Gasteiger partial charge in [-0.25, -0.2) is 0 Å². The molecule has 2 rings (SSSR count). The summed E-state index contributed by atoms with van der Waals surface area (Å²) in [5.74, 6) is 0. The molecular weight excluding hydrogens is 156 g/mol. The molecule has 13 heavy (non-hydrogen) atoms. The highest BCUT2D eigenvalue weighted by atomic mass is 14.1. The average Bonchev–Trinajstić information content (AvgIpc) is 2.39. The van der Waals surface area contributed by atoms with E-state index >= 15 is 0 Å². The summed E-state index contributed by atoms with van der Waals surface area (Å²) in [4.78, 5) is 0. The molecule has 0 bridgehead atoms. The molecule has 0 saturated carbocycles. The van der Waals surface area contributed by atoms with Gasteiger partial charge in [0.05, 0.1) is 0 Å². The third-order valence-electron chi connectivity index (χ3n) is 2.61. The predicted molar refractivity (Wildman–Crippen MR) is 57.2 cm³/mol. The van der Waals surface area contributed by atoms with Crippen molar-refractivity contribution in [3.63, 3.8) is 0 Å². The summed E-state index contributed by atoms with van der Waals surface area (Å²) < 4.78 is 0. The van der Waals surface area contributed by atoms with Crippen LogP contribution in [0.15, 0.2) is 36.4 Å². The summed E-state index contributed by atoms with van der Waals surface area (Å²) in [5.41, 5.74) is 5.61. The molecule has 0 saturated heterocycles. The number of fused-ring (bicyclic) bond motifs is 1. The minimum absolute atomic E-state index is 1.11. The lowest BCUT2D eigenvalue weighted by atomic mass is 10.0. The van der Waals surface area contributed by atoms with Gasteiger partial charge in [0.1, 0.15) is 0 Å². The molecule has 0 aromatic carbocycles. The molecule has 0 unspecified atom stereocenters. The maximum Gasteiger partial charge on any atom is -0.0149 e. The first kappa shape index (κ1) is 8.31. The van der Waals surface area contributed by atoms with Crippen LogP contribution in [0.4, 0.5) is 0 Å². The Bertz CT molecular complexity index is 388. The van der Waals surface area contributed by atoms with Crippen LogP contribution < -0.4 is 0 Å². The molecule has 0 aromatic heterocycles. The summed E-state index contributed by atoms with van der Waals surface area (Å²) in [6, 6.07) is 13.1. The van der Waals surface area contributed by atoms with Crippen LogP contribution in [0.2, 0.25) is 0 Å². The van der Waals surface area contributed by atoms with E-state index < -0.39 is 0 Å². The van der Waals surface area contributed by atoms with E-state index in [4.69, 9.17) is 0 Å². The second kappa shape index (κ2) is 3.21. The Morgan fingerprint density at radius 2 is 1.69 bits per heavy atom. The van der Waals surface area contributed by atoms with Gasteiger partial charge in [0.15, 0.2) is 0 Å². The SMILES string of the molecule is CCc1ccccc2c(C)ccc1-2. The first-order valence-corrected chi connectivity index (χ1v) is 4.80. The van der Waals surface area contributed by atoms with Gasteiger partial charge in [0.25, 0.3) is 0 Å². The molecule has 0 N–H and O–H groups in total. The molecule has 2 aliphatic carbocycles. The summed E-state index contributed by atoms with van der Waals surface area (Å²) in [7, 11) is 0. The molecule has 0 aromatic rings. The molecule has 0 heteroatoms. The van der Waals surface area contributed by atoms with Crippen molar-refractivity contribution in [1.29, 1.82) is 0 Å². The van der Waals surface area contributed by atoms with Crippen LogP contribution in [-0.2, 0) is 6.42 Å². The monoisotopic (exact) mass is 170 g/mol. The van der Waals surface area contributed by atoms with Gasteiger partial charge < -0.3 is 0 Å². The molecule has 66 valence electrons. The molecule has 0 nitrogen and oxygen atoms in total.